The molecule has 28 heavy (non-hydrogen) atoms. The first kappa shape index (κ1) is 21.9. The molecule has 2 rings (SSSR count). The van der Waals surface area contributed by atoms with Gasteiger partial charge in [0, 0.05) is 13.1 Å². The molecule has 0 fully saturated rings. The van der Waals surface area contributed by atoms with Gasteiger partial charge >= 0.3 is 0 Å². The Morgan fingerprint density at radius 1 is 1.04 bits per heavy atom. The molecule has 0 aliphatic carbocycles. The third-order valence-corrected chi connectivity index (χ3v) is 6.09. The second-order valence-corrected chi connectivity index (χ2v) is 8.86. The first-order chi connectivity index (χ1) is 13.3. The second kappa shape index (κ2) is 10.2. The largest absolute Gasteiger partial charge is 0.384 e. The molecule has 3 N–H and O–H groups in total. The summed E-state index contributed by atoms with van der Waals surface area (Å²) in [5.41, 5.74) is -0.288. The van der Waals surface area contributed by atoms with Gasteiger partial charge < -0.3 is 15.7 Å². The molecule has 0 amide bonds. The van der Waals surface area contributed by atoms with E-state index >= 15 is 0 Å². The van der Waals surface area contributed by atoms with Crippen LogP contribution in [-0.2, 0) is 15.4 Å². The van der Waals surface area contributed by atoms with Crippen molar-refractivity contribution in [3.8, 4) is 0 Å². The standard InChI is InChI=1S/C21H29N3O3S/c1-3-22-20(24-17-21(2,25)18-11-6-4-7-12-18)23-15-10-16-28(26,27)19-13-8-5-9-14-19/h4-9,11-14,25H,3,10,15-17H2,1-2H3,(H2,22,23,24). The molecule has 0 saturated heterocycles. The third kappa shape index (κ3) is 6.65. The van der Waals surface area contributed by atoms with Crippen LogP contribution in [0.2, 0.25) is 0 Å². The van der Waals surface area contributed by atoms with E-state index in [9.17, 15) is 13.5 Å². The van der Waals surface area contributed by atoms with E-state index in [1.165, 1.54) is 0 Å². The number of guanidine groups is 1. The molecule has 0 aromatic heterocycles. The molecule has 1 unspecified atom stereocenters. The Morgan fingerprint density at radius 2 is 1.64 bits per heavy atom. The molecule has 0 heterocycles. The van der Waals surface area contributed by atoms with Gasteiger partial charge in [-0.3, -0.25) is 0 Å². The van der Waals surface area contributed by atoms with Gasteiger partial charge in [-0.15, -0.1) is 0 Å². The molecule has 0 aliphatic heterocycles. The van der Waals surface area contributed by atoms with Gasteiger partial charge in [0.15, 0.2) is 15.8 Å². The zero-order valence-electron chi connectivity index (χ0n) is 16.4. The molecule has 2 aromatic carbocycles. The summed E-state index contributed by atoms with van der Waals surface area (Å²) in [6, 6.07) is 17.9. The SMILES string of the molecule is CCNC(=NCC(C)(O)c1ccccc1)NCCCS(=O)(=O)c1ccccc1. The fraction of sp³-hybridized carbons (Fsp3) is 0.381. The first-order valence-electron chi connectivity index (χ1n) is 9.43. The fourth-order valence-corrected chi connectivity index (χ4v) is 4.01. The lowest BCUT2D eigenvalue weighted by Gasteiger charge is -2.22. The number of hydrogen-bond acceptors (Lipinski definition) is 4. The quantitative estimate of drug-likeness (QED) is 0.340. The van der Waals surface area contributed by atoms with Gasteiger partial charge in [0.1, 0.15) is 5.60 Å². The maximum Gasteiger partial charge on any atom is 0.191 e. The van der Waals surface area contributed by atoms with Crippen LogP contribution in [-0.4, -0.2) is 44.9 Å². The van der Waals surface area contributed by atoms with Crippen LogP contribution in [0.25, 0.3) is 0 Å². The van der Waals surface area contributed by atoms with Crippen LogP contribution in [0.3, 0.4) is 0 Å². The van der Waals surface area contributed by atoms with Crippen LogP contribution >= 0.6 is 0 Å². The highest BCUT2D eigenvalue weighted by Crippen LogP contribution is 2.20. The maximum atomic E-state index is 12.3. The molecule has 0 spiro atoms. The summed E-state index contributed by atoms with van der Waals surface area (Å²) in [5, 5.41) is 16.9. The predicted molar refractivity (Wildman–Crippen MR) is 113 cm³/mol. The van der Waals surface area contributed by atoms with Crippen LogP contribution < -0.4 is 10.6 Å². The molecule has 0 saturated carbocycles. The van der Waals surface area contributed by atoms with Gasteiger partial charge in [-0.2, -0.15) is 0 Å². The van der Waals surface area contributed by atoms with Gasteiger partial charge in [-0.25, -0.2) is 13.4 Å². The highest BCUT2D eigenvalue weighted by Gasteiger charge is 2.22. The van der Waals surface area contributed by atoms with Gasteiger partial charge in [-0.1, -0.05) is 48.5 Å². The first-order valence-corrected chi connectivity index (χ1v) is 11.1. The Kier molecular flexibility index (Phi) is 8.02. The summed E-state index contributed by atoms with van der Waals surface area (Å²) < 4.78 is 24.6. The Labute approximate surface area is 167 Å². The van der Waals surface area contributed by atoms with Gasteiger partial charge in [0.2, 0.25) is 0 Å². The lowest BCUT2D eigenvalue weighted by atomic mass is 9.96. The molecule has 2 aromatic rings. The van der Waals surface area contributed by atoms with E-state index in [4.69, 9.17) is 0 Å². The number of benzene rings is 2. The summed E-state index contributed by atoms with van der Waals surface area (Å²) in [7, 11) is -3.28. The van der Waals surface area contributed by atoms with E-state index < -0.39 is 15.4 Å². The molecule has 0 aliphatic rings. The van der Waals surface area contributed by atoms with E-state index in [1.54, 1.807) is 37.3 Å². The fourth-order valence-electron chi connectivity index (χ4n) is 2.68. The van der Waals surface area contributed by atoms with E-state index in [-0.39, 0.29) is 12.3 Å². The second-order valence-electron chi connectivity index (χ2n) is 6.75. The summed E-state index contributed by atoms with van der Waals surface area (Å²) in [6.45, 7) is 5.00. The van der Waals surface area contributed by atoms with Crippen molar-refractivity contribution in [3.05, 3.63) is 66.2 Å². The Morgan fingerprint density at radius 3 is 2.25 bits per heavy atom. The summed E-state index contributed by atoms with van der Waals surface area (Å²) >= 11 is 0. The molecule has 1 atom stereocenters. The van der Waals surface area contributed by atoms with Crippen molar-refractivity contribution in [1.82, 2.24) is 10.6 Å². The normalized spacial score (nSPS) is 14.3. The minimum atomic E-state index is -3.28. The van der Waals surface area contributed by atoms with Crippen molar-refractivity contribution in [2.75, 3.05) is 25.4 Å². The number of aliphatic imine (C=N–C) groups is 1. The lowest BCUT2D eigenvalue weighted by Crippen LogP contribution is -2.39. The van der Waals surface area contributed by atoms with E-state index in [0.29, 0.717) is 30.4 Å². The molecule has 7 heteroatoms. The smallest absolute Gasteiger partial charge is 0.191 e. The summed E-state index contributed by atoms with van der Waals surface area (Å²) in [4.78, 5) is 4.79. The van der Waals surface area contributed by atoms with Crippen molar-refractivity contribution in [1.29, 1.82) is 0 Å². The highest BCUT2D eigenvalue weighted by molar-refractivity contribution is 7.91. The van der Waals surface area contributed by atoms with Gasteiger partial charge in [0.05, 0.1) is 17.2 Å². The van der Waals surface area contributed by atoms with Crippen LogP contribution in [0, 0.1) is 0 Å². The molecule has 0 bridgehead atoms. The van der Waals surface area contributed by atoms with Gasteiger partial charge in [-0.05, 0) is 38.0 Å². The molecule has 152 valence electrons. The van der Waals surface area contributed by atoms with Crippen molar-refractivity contribution in [2.45, 2.75) is 30.8 Å². The zero-order valence-corrected chi connectivity index (χ0v) is 17.2. The Balaban J connectivity index is 1.89. The predicted octanol–water partition coefficient (Wildman–Crippen LogP) is 2.31. The van der Waals surface area contributed by atoms with Crippen molar-refractivity contribution in [2.24, 2.45) is 4.99 Å². The summed E-state index contributed by atoms with van der Waals surface area (Å²) in [5.74, 6) is 0.612. The van der Waals surface area contributed by atoms with E-state index in [1.807, 2.05) is 37.3 Å². The lowest BCUT2D eigenvalue weighted by molar-refractivity contribution is 0.0672. The highest BCUT2D eigenvalue weighted by atomic mass is 32.2. The van der Waals surface area contributed by atoms with Gasteiger partial charge in [0.25, 0.3) is 0 Å². The average Bonchev–Trinajstić information content (AvgIpc) is 2.70. The molecular formula is C21H29N3O3S. The number of nitrogens with one attached hydrogen (secondary N) is 2. The number of hydrogen-bond donors (Lipinski definition) is 3. The Hall–Kier alpha value is -2.38. The third-order valence-electron chi connectivity index (χ3n) is 4.27. The van der Waals surface area contributed by atoms with Crippen LogP contribution in [0.5, 0.6) is 0 Å². The molecular weight excluding hydrogens is 374 g/mol. The van der Waals surface area contributed by atoms with Crippen LogP contribution in [0.15, 0.2) is 70.6 Å². The minimum Gasteiger partial charge on any atom is -0.384 e. The monoisotopic (exact) mass is 403 g/mol. The summed E-state index contributed by atoms with van der Waals surface area (Å²) in [6.07, 6.45) is 0.455. The van der Waals surface area contributed by atoms with Crippen LogP contribution in [0.4, 0.5) is 0 Å². The average molecular weight is 404 g/mol. The minimum absolute atomic E-state index is 0.0607. The number of nitrogens with zero attached hydrogens (tertiary/aromatic N) is 1. The van der Waals surface area contributed by atoms with E-state index in [2.05, 4.69) is 15.6 Å². The molecule has 6 nitrogen and oxygen atoms in total. The number of rotatable bonds is 9. The molecule has 0 radical (unpaired) electrons. The van der Waals surface area contributed by atoms with Crippen molar-refractivity contribution >= 4 is 15.8 Å². The van der Waals surface area contributed by atoms with Crippen LogP contribution in [0.1, 0.15) is 25.8 Å². The van der Waals surface area contributed by atoms with Crippen molar-refractivity contribution < 1.29 is 13.5 Å². The topological polar surface area (TPSA) is 90.8 Å². The Bertz CT molecular complexity index is 851. The van der Waals surface area contributed by atoms with Crippen molar-refractivity contribution in [3.63, 3.8) is 0 Å². The maximum absolute atomic E-state index is 12.3. The zero-order chi connectivity index (χ0) is 20.5. The number of aliphatic hydroxyl groups is 1. The van der Waals surface area contributed by atoms with E-state index in [0.717, 1.165) is 5.56 Å². The number of sulfone groups is 1.